The lowest BCUT2D eigenvalue weighted by atomic mass is 9.82. The highest BCUT2D eigenvalue weighted by molar-refractivity contribution is 5.79. The van der Waals surface area contributed by atoms with Crippen LogP contribution in [-0.4, -0.2) is 36.9 Å². The monoisotopic (exact) mass is 322 g/mol. The van der Waals surface area contributed by atoms with E-state index in [1.165, 1.54) is 19.3 Å². The second kappa shape index (κ2) is 7.67. The summed E-state index contributed by atoms with van der Waals surface area (Å²) in [4.78, 5) is 26.3. The maximum atomic E-state index is 12.3. The van der Waals surface area contributed by atoms with Crippen molar-refractivity contribution in [3.63, 3.8) is 0 Å². The Bertz CT molecular complexity index is 420. The van der Waals surface area contributed by atoms with Crippen LogP contribution in [0.4, 0.5) is 0 Å². The molecule has 2 rings (SSSR count). The second-order valence-corrected chi connectivity index (χ2v) is 8.71. The van der Waals surface area contributed by atoms with Crippen molar-refractivity contribution in [2.45, 2.75) is 65.7 Å². The molecule has 4 nitrogen and oxygen atoms in total. The Hall–Kier alpha value is -1.06. The molecule has 2 fully saturated rings. The Morgan fingerprint density at radius 1 is 1.09 bits per heavy atom. The molecule has 132 valence electrons. The topological polar surface area (TPSA) is 49.4 Å². The fraction of sp³-hybridized carbons (Fsp3) is 0.895. The van der Waals surface area contributed by atoms with Gasteiger partial charge < -0.3 is 10.2 Å². The highest BCUT2D eigenvalue weighted by atomic mass is 16.2. The Balaban J connectivity index is 1.78. The number of carbonyl (C=O) groups is 2. The summed E-state index contributed by atoms with van der Waals surface area (Å²) in [7, 11) is 1.75. The highest BCUT2D eigenvalue weighted by Crippen LogP contribution is 2.38. The van der Waals surface area contributed by atoms with Crippen LogP contribution in [0.2, 0.25) is 0 Å². The van der Waals surface area contributed by atoms with Crippen molar-refractivity contribution in [3.8, 4) is 0 Å². The van der Waals surface area contributed by atoms with E-state index in [-0.39, 0.29) is 17.2 Å². The Kier molecular flexibility index (Phi) is 6.10. The van der Waals surface area contributed by atoms with E-state index in [1.54, 1.807) is 7.05 Å². The highest BCUT2D eigenvalue weighted by Gasteiger charge is 2.35. The molecular weight excluding hydrogens is 288 g/mol. The van der Waals surface area contributed by atoms with Crippen LogP contribution in [0, 0.1) is 23.2 Å². The van der Waals surface area contributed by atoms with Crippen LogP contribution in [0.5, 0.6) is 0 Å². The second-order valence-electron chi connectivity index (χ2n) is 8.71. The van der Waals surface area contributed by atoms with Crippen LogP contribution in [-0.2, 0) is 9.59 Å². The van der Waals surface area contributed by atoms with Crippen LogP contribution in [0.25, 0.3) is 0 Å². The van der Waals surface area contributed by atoms with Crippen molar-refractivity contribution in [2.24, 2.45) is 23.2 Å². The van der Waals surface area contributed by atoms with Crippen molar-refractivity contribution in [1.29, 1.82) is 0 Å². The lowest BCUT2D eigenvalue weighted by Crippen LogP contribution is -2.40. The molecule has 2 aliphatic rings. The third kappa shape index (κ3) is 5.22. The third-order valence-corrected chi connectivity index (χ3v) is 5.53. The normalized spacial score (nSPS) is 26.3. The summed E-state index contributed by atoms with van der Waals surface area (Å²) in [5.74, 6) is 1.99. The van der Waals surface area contributed by atoms with Crippen molar-refractivity contribution >= 4 is 11.8 Å². The zero-order chi connectivity index (χ0) is 17.0. The average molecular weight is 322 g/mol. The maximum absolute atomic E-state index is 12.3. The molecule has 23 heavy (non-hydrogen) atoms. The zero-order valence-electron chi connectivity index (χ0n) is 15.4. The van der Waals surface area contributed by atoms with Crippen LogP contribution in [0.1, 0.15) is 65.7 Å². The largest absolute Gasteiger partial charge is 0.359 e. The Morgan fingerprint density at radius 2 is 1.74 bits per heavy atom. The van der Waals surface area contributed by atoms with Crippen molar-refractivity contribution in [3.05, 3.63) is 0 Å². The molecule has 0 radical (unpaired) electrons. The molecule has 0 aromatic heterocycles. The quantitative estimate of drug-likeness (QED) is 0.864. The fourth-order valence-corrected chi connectivity index (χ4v) is 4.26. The summed E-state index contributed by atoms with van der Waals surface area (Å²) in [5, 5.41) is 2.83. The van der Waals surface area contributed by atoms with E-state index in [0.29, 0.717) is 24.2 Å². The SMILES string of the molecule is CNC(=O)[C@@H]1CCCC1CC1CCN(C(=O)CC(C)(C)C)CC1. The average Bonchev–Trinajstić information content (AvgIpc) is 2.93. The number of nitrogens with zero attached hydrogens (tertiary/aromatic N) is 1. The number of hydrogen-bond donors (Lipinski definition) is 1. The zero-order valence-corrected chi connectivity index (χ0v) is 15.4. The number of nitrogens with one attached hydrogen (secondary N) is 1. The van der Waals surface area contributed by atoms with Gasteiger partial charge in [-0.05, 0) is 49.4 Å². The van der Waals surface area contributed by atoms with E-state index in [4.69, 9.17) is 0 Å². The van der Waals surface area contributed by atoms with Gasteiger partial charge in [-0.2, -0.15) is 0 Å². The molecule has 1 unspecified atom stereocenters. The van der Waals surface area contributed by atoms with E-state index in [9.17, 15) is 9.59 Å². The minimum absolute atomic E-state index is 0.0680. The van der Waals surface area contributed by atoms with Gasteiger partial charge in [0.2, 0.25) is 11.8 Å². The summed E-state index contributed by atoms with van der Waals surface area (Å²) in [5.41, 5.74) is 0.0680. The van der Waals surface area contributed by atoms with E-state index >= 15 is 0 Å². The summed E-state index contributed by atoms with van der Waals surface area (Å²) in [6.07, 6.45) is 7.44. The first-order valence-corrected chi connectivity index (χ1v) is 9.29. The summed E-state index contributed by atoms with van der Waals surface area (Å²) in [6, 6.07) is 0. The molecule has 4 heteroatoms. The number of carbonyl (C=O) groups excluding carboxylic acids is 2. The van der Waals surface area contributed by atoms with Crippen LogP contribution < -0.4 is 5.32 Å². The minimum Gasteiger partial charge on any atom is -0.359 e. The third-order valence-electron chi connectivity index (χ3n) is 5.53. The van der Waals surface area contributed by atoms with Gasteiger partial charge in [-0.15, -0.1) is 0 Å². The lowest BCUT2D eigenvalue weighted by Gasteiger charge is -2.35. The van der Waals surface area contributed by atoms with E-state index in [1.807, 2.05) is 4.90 Å². The van der Waals surface area contributed by atoms with Gasteiger partial charge in [0.05, 0.1) is 0 Å². The molecule has 1 heterocycles. The summed E-state index contributed by atoms with van der Waals surface area (Å²) in [6.45, 7) is 8.16. The molecule has 0 aromatic carbocycles. The number of rotatable bonds is 4. The molecule has 1 saturated carbocycles. The minimum atomic E-state index is 0.0680. The van der Waals surface area contributed by atoms with Gasteiger partial charge >= 0.3 is 0 Å². The molecular formula is C19H34N2O2. The van der Waals surface area contributed by atoms with Crippen LogP contribution in [0.15, 0.2) is 0 Å². The molecule has 1 N–H and O–H groups in total. The fourth-order valence-electron chi connectivity index (χ4n) is 4.26. The predicted molar refractivity (Wildman–Crippen MR) is 92.9 cm³/mol. The van der Waals surface area contributed by atoms with Crippen molar-refractivity contribution in [2.75, 3.05) is 20.1 Å². The lowest BCUT2D eigenvalue weighted by molar-refractivity contribution is -0.134. The van der Waals surface area contributed by atoms with Crippen LogP contribution in [0.3, 0.4) is 0 Å². The smallest absolute Gasteiger partial charge is 0.223 e. The number of likely N-dealkylation sites (tertiary alicyclic amines) is 1. The number of amides is 2. The molecule has 2 amide bonds. The van der Waals surface area contributed by atoms with Gasteiger partial charge in [-0.3, -0.25) is 9.59 Å². The molecule has 2 atom stereocenters. The summed E-state index contributed by atoms with van der Waals surface area (Å²) >= 11 is 0. The van der Waals surface area contributed by atoms with Gasteiger partial charge in [0.1, 0.15) is 0 Å². The molecule has 0 spiro atoms. The first kappa shape index (κ1) is 18.3. The van der Waals surface area contributed by atoms with Crippen molar-refractivity contribution in [1.82, 2.24) is 10.2 Å². The maximum Gasteiger partial charge on any atom is 0.223 e. The van der Waals surface area contributed by atoms with Gasteiger partial charge in [0.15, 0.2) is 0 Å². The molecule has 1 aliphatic heterocycles. The van der Waals surface area contributed by atoms with Gasteiger partial charge in [0, 0.05) is 32.5 Å². The molecule has 0 bridgehead atoms. The van der Waals surface area contributed by atoms with E-state index in [0.717, 1.165) is 32.4 Å². The molecule has 1 saturated heterocycles. The summed E-state index contributed by atoms with van der Waals surface area (Å²) < 4.78 is 0. The molecule has 1 aliphatic carbocycles. The van der Waals surface area contributed by atoms with Gasteiger partial charge in [-0.25, -0.2) is 0 Å². The first-order valence-electron chi connectivity index (χ1n) is 9.29. The molecule has 0 aromatic rings. The van der Waals surface area contributed by atoms with E-state index in [2.05, 4.69) is 26.1 Å². The number of hydrogen-bond acceptors (Lipinski definition) is 2. The number of piperidine rings is 1. The Morgan fingerprint density at radius 3 is 2.30 bits per heavy atom. The van der Waals surface area contributed by atoms with Crippen LogP contribution >= 0.6 is 0 Å². The van der Waals surface area contributed by atoms with Crippen molar-refractivity contribution < 1.29 is 9.59 Å². The standard InChI is InChI=1S/C19H34N2O2/c1-19(2,3)13-17(22)21-10-8-14(9-11-21)12-15-6-5-7-16(15)18(23)20-4/h14-16H,5-13H2,1-4H3,(H,20,23)/t15?,16-/m1/s1. The van der Waals surface area contributed by atoms with Gasteiger partial charge in [0.25, 0.3) is 0 Å². The predicted octanol–water partition coefficient (Wildman–Crippen LogP) is 3.21. The first-order chi connectivity index (χ1) is 10.8. The Labute approximate surface area is 141 Å². The van der Waals surface area contributed by atoms with Gasteiger partial charge in [-0.1, -0.05) is 27.2 Å². The van der Waals surface area contributed by atoms with E-state index < -0.39 is 0 Å².